The number of carboxylic acids is 1. The van der Waals surface area contributed by atoms with Crippen LogP contribution < -0.4 is 16.0 Å². The second-order valence-corrected chi connectivity index (χ2v) is 9.43. The summed E-state index contributed by atoms with van der Waals surface area (Å²) in [5.41, 5.74) is -0.757. The van der Waals surface area contributed by atoms with Crippen LogP contribution in [0.15, 0.2) is 0 Å². The molecule has 28 heavy (non-hydrogen) atoms. The van der Waals surface area contributed by atoms with Crippen LogP contribution >= 0.6 is 0 Å². The van der Waals surface area contributed by atoms with Crippen molar-refractivity contribution in [2.75, 3.05) is 6.54 Å². The Morgan fingerprint density at radius 1 is 1.00 bits per heavy atom. The summed E-state index contributed by atoms with van der Waals surface area (Å²) in [5, 5.41) is 18.0. The summed E-state index contributed by atoms with van der Waals surface area (Å²) in [6, 6.07) is -0.183. The van der Waals surface area contributed by atoms with E-state index < -0.39 is 11.5 Å². The largest absolute Gasteiger partial charge is 0.481 e. The fourth-order valence-electron chi connectivity index (χ4n) is 6.21. The third kappa shape index (κ3) is 4.78. The van der Waals surface area contributed by atoms with E-state index in [1.54, 1.807) is 0 Å². The summed E-state index contributed by atoms with van der Waals surface area (Å²) >= 11 is 0. The Morgan fingerprint density at radius 3 is 2.00 bits per heavy atom. The quantitative estimate of drug-likeness (QED) is 0.483. The second kappa shape index (κ2) is 8.29. The number of aliphatic carboxylic acids is 1. The number of nitrogens with one attached hydrogen (secondary N) is 3. The average Bonchev–Trinajstić information content (AvgIpc) is 2.59. The smallest absolute Gasteiger partial charge is 0.315 e. The predicted molar refractivity (Wildman–Crippen MR) is 106 cm³/mol. The molecule has 0 spiro atoms. The van der Waals surface area contributed by atoms with Crippen LogP contribution in [0.3, 0.4) is 0 Å². The Kier molecular flexibility index (Phi) is 6.20. The molecule has 0 aromatic carbocycles. The Balaban J connectivity index is 1.43. The van der Waals surface area contributed by atoms with Crippen LogP contribution in [0.5, 0.6) is 0 Å². The topological polar surface area (TPSA) is 108 Å². The van der Waals surface area contributed by atoms with Crippen LogP contribution in [0.1, 0.15) is 78.1 Å². The first-order chi connectivity index (χ1) is 13.3. The molecule has 0 radical (unpaired) electrons. The maximum Gasteiger partial charge on any atom is 0.315 e. The van der Waals surface area contributed by atoms with Gasteiger partial charge in [-0.3, -0.25) is 9.59 Å². The molecule has 0 saturated heterocycles. The van der Waals surface area contributed by atoms with Gasteiger partial charge in [0.25, 0.3) is 0 Å². The van der Waals surface area contributed by atoms with E-state index in [4.69, 9.17) is 5.11 Å². The molecule has 0 aromatic heterocycles. The number of hydrogen-bond acceptors (Lipinski definition) is 3. The lowest BCUT2D eigenvalue weighted by atomic mass is 9.53. The molecule has 4 bridgehead atoms. The first-order valence-corrected chi connectivity index (χ1v) is 10.9. The van der Waals surface area contributed by atoms with Gasteiger partial charge < -0.3 is 21.1 Å². The van der Waals surface area contributed by atoms with E-state index in [1.807, 2.05) is 13.8 Å². The summed E-state index contributed by atoms with van der Waals surface area (Å²) in [6.45, 7) is 4.01. The van der Waals surface area contributed by atoms with E-state index in [-0.39, 0.29) is 36.9 Å². The maximum atomic E-state index is 12.4. The number of amides is 3. The van der Waals surface area contributed by atoms with Gasteiger partial charge in [-0.2, -0.15) is 0 Å². The predicted octanol–water partition coefficient (Wildman–Crippen LogP) is 2.79. The monoisotopic (exact) mass is 393 g/mol. The summed E-state index contributed by atoms with van der Waals surface area (Å²) in [6.07, 6.45) is 8.44. The van der Waals surface area contributed by atoms with Gasteiger partial charge in [-0.15, -0.1) is 0 Å². The number of carbonyl (C=O) groups excluding carboxylic acids is 2. The minimum Gasteiger partial charge on any atom is -0.481 e. The normalized spacial score (nSPS) is 30.7. The first-order valence-electron chi connectivity index (χ1n) is 10.9. The van der Waals surface area contributed by atoms with Crippen molar-refractivity contribution in [2.45, 2.75) is 89.1 Å². The Labute approximate surface area is 167 Å². The van der Waals surface area contributed by atoms with Crippen LogP contribution in [0.4, 0.5) is 4.79 Å². The highest BCUT2D eigenvalue weighted by molar-refractivity contribution is 5.80. The third-order valence-electron chi connectivity index (χ3n) is 7.30. The SMILES string of the molecule is CCC(CC)(CC(=O)O)NC(=O)CCNC(=O)NC12CC3CC(CC(C3)C1)C2. The molecule has 4 aliphatic rings. The van der Waals surface area contributed by atoms with Crippen LogP contribution in [-0.2, 0) is 9.59 Å². The van der Waals surface area contributed by atoms with Crippen molar-refractivity contribution in [2.24, 2.45) is 17.8 Å². The molecule has 4 saturated carbocycles. The van der Waals surface area contributed by atoms with Crippen LogP contribution in [0, 0.1) is 17.8 Å². The minimum atomic E-state index is -0.919. The molecule has 4 aliphatic carbocycles. The van der Waals surface area contributed by atoms with Crippen molar-refractivity contribution in [1.29, 1.82) is 0 Å². The van der Waals surface area contributed by atoms with E-state index in [0.717, 1.165) is 37.0 Å². The van der Waals surface area contributed by atoms with Crippen molar-refractivity contribution in [3.63, 3.8) is 0 Å². The second-order valence-electron chi connectivity index (χ2n) is 9.43. The van der Waals surface area contributed by atoms with E-state index in [2.05, 4.69) is 16.0 Å². The van der Waals surface area contributed by atoms with Gasteiger partial charge in [0.1, 0.15) is 0 Å². The van der Waals surface area contributed by atoms with E-state index in [1.165, 1.54) is 19.3 Å². The lowest BCUT2D eigenvalue weighted by Gasteiger charge is -2.56. The summed E-state index contributed by atoms with van der Waals surface area (Å²) in [4.78, 5) is 35.8. The zero-order valence-corrected chi connectivity index (χ0v) is 17.2. The highest BCUT2D eigenvalue weighted by Gasteiger charge is 2.51. The number of carboxylic acid groups (broad SMARTS) is 1. The highest BCUT2D eigenvalue weighted by Crippen LogP contribution is 2.55. The molecule has 3 amide bonds. The van der Waals surface area contributed by atoms with Crippen molar-refractivity contribution in [3.05, 3.63) is 0 Å². The van der Waals surface area contributed by atoms with Crippen molar-refractivity contribution < 1.29 is 19.5 Å². The van der Waals surface area contributed by atoms with Crippen LogP contribution in [-0.4, -0.2) is 40.6 Å². The molecule has 4 rings (SSSR count). The zero-order chi connectivity index (χ0) is 20.4. The lowest BCUT2D eigenvalue weighted by molar-refractivity contribution is -0.139. The fourth-order valence-corrected chi connectivity index (χ4v) is 6.21. The zero-order valence-electron chi connectivity index (χ0n) is 17.2. The number of hydrogen-bond donors (Lipinski definition) is 4. The molecule has 4 fully saturated rings. The van der Waals surface area contributed by atoms with Crippen LogP contribution in [0.2, 0.25) is 0 Å². The molecule has 4 N–H and O–H groups in total. The van der Waals surface area contributed by atoms with Gasteiger partial charge in [0, 0.05) is 24.0 Å². The molecule has 7 nitrogen and oxygen atoms in total. The molecule has 0 unspecified atom stereocenters. The molecule has 0 aromatic rings. The van der Waals surface area contributed by atoms with Gasteiger partial charge in [0.05, 0.1) is 6.42 Å². The summed E-state index contributed by atoms with van der Waals surface area (Å²) in [7, 11) is 0. The molecule has 158 valence electrons. The van der Waals surface area contributed by atoms with Gasteiger partial charge in [0.2, 0.25) is 5.91 Å². The first kappa shape index (κ1) is 20.9. The standard InChI is InChI=1S/C21H35N3O4/c1-3-20(4-2,13-18(26)27)23-17(25)5-6-22-19(28)24-21-10-14-7-15(11-21)9-16(8-14)12-21/h14-16H,3-13H2,1-2H3,(H,23,25)(H,26,27)(H2,22,24,28). The van der Waals surface area contributed by atoms with Crippen molar-refractivity contribution in [3.8, 4) is 0 Å². The molecule has 7 heteroatoms. The average molecular weight is 394 g/mol. The highest BCUT2D eigenvalue weighted by atomic mass is 16.4. The van der Waals surface area contributed by atoms with Crippen LogP contribution in [0.25, 0.3) is 0 Å². The summed E-state index contributed by atoms with van der Waals surface area (Å²) < 4.78 is 0. The number of urea groups is 1. The van der Waals surface area contributed by atoms with Gasteiger partial charge in [-0.1, -0.05) is 13.8 Å². The molecule has 0 aliphatic heterocycles. The maximum absolute atomic E-state index is 12.4. The number of rotatable bonds is 9. The Morgan fingerprint density at radius 2 is 1.54 bits per heavy atom. The Bertz CT molecular complexity index is 579. The minimum absolute atomic E-state index is 0.0395. The van der Waals surface area contributed by atoms with E-state index >= 15 is 0 Å². The summed E-state index contributed by atoms with van der Waals surface area (Å²) in [5.74, 6) is 1.16. The molecule has 0 atom stereocenters. The van der Waals surface area contributed by atoms with Gasteiger partial charge in [0.15, 0.2) is 0 Å². The number of carbonyl (C=O) groups is 3. The molecular weight excluding hydrogens is 358 g/mol. The fraction of sp³-hybridized carbons (Fsp3) is 0.857. The molecule has 0 heterocycles. The van der Waals surface area contributed by atoms with Crippen molar-refractivity contribution in [1.82, 2.24) is 16.0 Å². The lowest BCUT2D eigenvalue weighted by Crippen LogP contribution is -2.61. The Hall–Kier alpha value is -1.79. The van der Waals surface area contributed by atoms with Gasteiger partial charge in [-0.05, 0) is 69.1 Å². The third-order valence-corrected chi connectivity index (χ3v) is 7.30. The van der Waals surface area contributed by atoms with Gasteiger partial charge >= 0.3 is 12.0 Å². The van der Waals surface area contributed by atoms with E-state index in [0.29, 0.717) is 12.8 Å². The molecular formula is C21H35N3O4. The van der Waals surface area contributed by atoms with Gasteiger partial charge in [-0.25, -0.2) is 4.79 Å². The van der Waals surface area contributed by atoms with Crippen molar-refractivity contribution >= 4 is 17.9 Å². The van der Waals surface area contributed by atoms with E-state index in [9.17, 15) is 14.4 Å².